The molecule has 3 aromatic heterocycles. The molecule has 0 saturated carbocycles. The summed E-state index contributed by atoms with van der Waals surface area (Å²) in [4.78, 5) is 14.0. The number of aromatic amines is 1. The zero-order chi connectivity index (χ0) is 44.5. The third-order valence-corrected chi connectivity index (χ3v) is 11.3. The van der Waals surface area contributed by atoms with Gasteiger partial charge >= 0.3 is 17.1 Å². The van der Waals surface area contributed by atoms with Crippen LogP contribution in [0.3, 0.4) is 0 Å². The Balaban J connectivity index is 0.00000247. The van der Waals surface area contributed by atoms with Crippen molar-refractivity contribution < 1.29 is 79.8 Å². The number of benzene rings is 4. The monoisotopic (exact) mass is 980 g/mol. The second-order valence-electron chi connectivity index (χ2n) is 14.8. The Kier molecular flexibility index (Phi) is 15.5. The van der Waals surface area contributed by atoms with Crippen molar-refractivity contribution in [2.45, 2.75) is 0 Å². The van der Waals surface area contributed by atoms with Gasteiger partial charge in [-0.2, -0.15) is 0 Å². The third-order valence-electron chi connectivity index (χ3n) is 11.3. The fourth-order valence-electron chi connectivity index (χ4n) is 8.33. The molecule has 4 aromatic carbocycles. The number of ether oxygens (including phenoxy) is 8. The van der Waals surface area contributed by atoms with E-state index in [1.54, 1.807) is 56.9 Å². The van der Waals surface area contributed by atoms with Crippen molar-refractivity contribution in [3.63, 3.8) is 0 Å². The summed E-state index contributed by atoms with van der Waals surface area (Å²) in [7, 11) is 13.1. The summed E-state index contributed by atoms with van der Waals surface area (Å²) >= 11 is 0. The van der Waals surface area contributed by atoms with Crippen molar-refractivity contribution in [3.05, 3.63) is 126 Å². The minimum Gasteiger partial charge on any atom is -1.00 e. The molecule has 0 radical (unpaired) electrons. The predicted molar refractivity (Wildman–Crippen MR) is 253 cm³/mol. The predicted octanol–water partition coefficient (Wildman–Crippen LogP) is 5.19. The van der Waals surface area contributed by atoms with E-state index in [9.17, 15) is 0 Å². The average molecular weight is 982 g/mol. The van der Waals surface area contributed by atoms with Gasteiger partial charge in [0.2, 0.25) is 0 Å². The molecule has 0 aliphatic carbocycles. The number of aromatic nitrogens is 4. The van der Waals surface area contributed by atoms with Gasteiger partial charge in [-0.1, -0.05) is 0 Å². The number of rotatable bonds is 12. The maximum absolute atomic E-state index is 6.29. The summed E-state index contributed by atoms with van der Waals surface area (Å²) in [5.41, 5.74) is 11.3. The maximum atomic E-state index is 6.29. The molecule has 9 rings (SSSR count). The van der Waals surface area contributed by atoms with Gasteiger partial charge in [0.25, 0.3) is 0 Å². The number of nitrogens with one attached hydrogen (secondary N) is 1. The smallest absolute Gasteiger partial charge is 1.00 e. The Morgan fingerprint density at radius 3 is 1.31 bits per heavy atom. The Morgan fingerprint density at radius 2 is 0.821 bits per heavy atom. The Hall–Kier alpha value is -7.02. The molecule has 0 unspecified atom stereocenters. The Bertz CT molecular complexity index is 3200. The normalized spacial score (nSPS) is 11.1. The van der Waals surface area contributed by atoms with Gasteiger partial charge in [-0.15, -0.1) is 0 Å². The van der Waals surface area contributed by atoms with Gasteiger partial charge in [0, 0.05) is 68.7 Å². The van der Waals surface area contributed by atoms with Crippen LogP contribution in [0.2, 0.25) is 0 Å². The molecule has 0 atom stereocenters. The van der Waals surface area contributed by atoms with Crippen LogP contribution in [-0.2, 0) is 17.1 Å². The number of methoxy groups -OCH3 is 8. The zero-order valence-electron chi connectivity index (χ0n) is 37.8. The second-order valence-corrected chi connectivity index (χ2v) is 14.8. The average Bonchev–Trinajstić information content (AvgIpc) is 4.16. The minimum absolute atomic E-state index is 0. The van der Waals surface area contributed by atoms with Gasteiger partial charge in [0.15, 0.2) is 0 Å². The second kappa shape index (κ2) is 21.1. The molecule has 15 heteroatoms. The fourth-order valence-corrected chi connectivity index (χ4v) is 8.33. The first-order chi connectivity index (χ1) is 31.3. The van der Waals surface area contributed by atoms with Crippen molar-refractivity contribution in [2.75, 3.05) is 56.9 Å². The van der Waals surface area contributed by atoms with Crippen molar-refractivity contribution in [2.24, 2.45) is 0 Å². The van der Waals surface area contributed by atoms with Gasteiger partial charge in [-0.25, -0.2) is 9.97 Å². The molecule has 0 fully saturated rings. The van der Waals surface area contributed by atoms with Crippen LogP contribution in [0.5, 0.6) is 46.0 Å². The summed E-state index contributed by atoms with van der Waals surface area (Å²) in [5.74, 6) is 4.71. The van der Waals surface area contributed by atoms with Crippen LogP contribution in [0.4, 0.5) is 0 Å². The Morgan fingerprint density at radius 1 is 0.403 bits per heavy atom. The first kappa shape index (κ1) is 49.4. The number of H-pyrrole nitrogens is 1. The number of halogens is 2. The van der Waals surface area contributed by atoms with Crippen LogP contribution in [0.1, 0.15) is 22.8 Å². The van der Waals surface area contributed by atoms with Gasteiger partial charge in [-0.3, -0.25) is 0 Å². The number of hydrogen-bond donors (Lipinski definition) is 1. The SMILES string of the molecule is COc1ccc(-c2c(-c3ccc(OC)cc3OC)c3c(-c4ccc(OC)cc4OC)c4nc(cc5ccc(cc6nc(cc2n3-c2ccc(OC)cc2OC)C=C6)[nH]5)C=C4)c(OC)c1.[Cl-].[Cl-].[Fe+2]. The molecule has 0 saturated heterocycles. The number of fused-ring (bicyclic) bond motifs is 8. The van der Waals surface area contributed by atoms with E-state index in [2.05, 4.69) is 15.6 Å². The van der Waals surface area contributed by atoms with E-state index in [1.807, 2.05) is 121 Å². The third kappa shape index (κ3) is 9.24. The summed E-state index contributed by atoms with van der Waals surface area (Å²) in [6.45, 7) is 0. The summed E-state index contributed by atoms with van der Waals surface area (Å²) in [6, 6.07) is 33.4. The van der Waals surface area contributed by atoms with Gasteiger partial charge in [-0.05, 0) is 103 Å². The molecule has 2 aliphatic rings. The van der Waals surface area contributed by atoms with Gasteiger partial charge in [0.05, 0.1) is 96.4 Å². The van der Waals surface area contributed by atoms with E-state index in [1.165, 1.54) is 0 Å². The van der Waals surface area contributed by atoms with Crippen LogP contribution in [-0.4, -0.2) is 76.4 Å². The molecular weight excluding hydrogens is 935 g/mol. The van der Waals surface area contributed by atoms with Crippen molar-refractivity contribution in [1.29, 1.82) is 0 Å². The van der Waals surface area contributed by atoms with Gasteiger partial charge < -0.3 is 72.3 Å². The molecular formula is C52H46Cl2FeN4O8. The molecule has 12 nitrogen and oxygen atoms in total. The van der Waals surface area contributed by atoms with Crippen LogP contribution in [0, 0.1) is 0 Å². The zero-order valence-corrected chi connectivity index (χ0v) is 40.5. The van der Waals surface area contributed by atoms with E-state index in [-0.39, 0.29) is 41.9 Å². The number of nitrogens with zero attached hydrogens (tertiary/aromatic N) is 3. The number of hydrogen-bond acceptors (Lipinski definition) is 10. The van der Waals surface area contributed by atoms with E-state index in [4.69, 9.17) is 47.9 Å². The minimum atomic E-state index is 0. The summed E-state index contributed by atoms with van der Waals surface area (Å²) < 4.78 is 50.2. The molecule has 5 heterocycles. The standard InChI is InChI=1S/C52H46N4O8.2ClH.Fe/c1-57-35-14-18-39(45(26-35)61-5)49-42-21-13-33(55-42)24-32-10-9-30(53-32)23-31-11-12-34(54-31)25-44-50(40-19-15-36(58-2)27-46(40)62-6)51(41-20-16-37(59-3)28-47(41)63-7)52(49)56(44)43-22-17-38(60-4)29-48(43)64-8;;;/h9-29,53H,1-8H3;2*1H;/q;;;+2/p-2. The molecule has 344 valence electrons. The van der Waals surface area contributed by atoms with Crippen molar-refractivity contribution in [3.8, 4) is 85.1 Å². The quantitative estimate of drug-likeness (QED) is 0.164. The van der Waals surface area contributed by atoms with Crippen molar-refractivity contribution >= 4 is 46.4 Å². The molecule has 2 aliphatic heterocycles. The van der Waals surface area contributed by atoms with E-state index >= 15 is 0 Å². The molecule has 0 amide bonds. The Labute approximate surface area is 411 Å². The van der Waals surface area contributed by atoms with Gasteiger partial charge in [0.1, 0.15) is 46.0 Å². The van der Waals surface area contributed by atoms with Crippen LogP contribution >= 0.6 is 0 Å². The van der Waals surface area contributed by atoms with E-state index in [0.717, 1.165) is 61.3 Å². The topological polar surface area (TPSA) is 120 Å². The van der Waals surface area contributed by atoms with Crippen LogP contribution in [0.25, 0.3) is 85.4 Å². The molecule has 7 aromatic rings. The largest absolute Gasteiger partial charge is 2.00 e. The summed E-state index contributed by atoms with van der Waals surface area (Å²) in [6.07, 6.45) is 8.04. The first-order valence-electron chi connectivity index (χ1n) is 20.4. The first-order valence-corrected chi connectivity index (χ1v) is 20.4. The molecule has 0 spiro atoms. The van der Waals surface area contributed by atoms with Crippen LogP contribution in [0.15, 0.2) is 103 Å². The summed E-state index contributed by atoms with van der Waals surface area (Å²) in [5, 5.41) is 0. The maximum Gasteiger partial charge on any atom is 2.00 e. The van der Waals surface area contributed by atoms with Crippen LogP contribution < -0.4 is 62.7 Å². The molecule has 8 bridgehead atoms. The molecule has 67 heavy (non-hydrogen) atoms. The van der Waals surface area contributed by atoms with E-state index in [0.29, 0.717) is 68.6 Å². The van der Waals surface area contributed by atoms with Crippen molar-refractivity contribution in [1.82, 2.24) is 19.5 Å². The molecule has 1 N–H and O–H groups in total. The van der Waals surface area contributed by atoms with E-state index < -0.39 is 0 Å². The fraction of sp³-hybridized carbons (Fsp3) is 0.154.